The number of fused-ring (bicyclic) bond motifs is 3. The molecular formula is C23H17ClN2O3. The topological polar surface area (TPSA) is 86.4 Å². The van der Waals surface area contributed by atoms with Crippen LogP contribution in [-0.2, 0) is 11.2 Å². The molecule has 2 N–H and O–H groups in total. The van der Waals surface area contributed by atoms with Gasteiger partial charge in [-0.2, -0.15) is 5.26 Å². The number of pyridine rings is 1. The number of hydrogen-bond acceptors (Lipinski definition) is 5. The van der Waals surface area contributed by atoms with E-state index in [2.05, 4.69) is 11.1 Å². The van der Waals surface area contributed by atoms with E-state index in [-0.39, 0.29) is 6.42 Å². The van der Waals surface area contributed by atoms with Crippen LogP contribution in [0.25, 0.3) is 0 Å². The van der Waals surface area contributed by atoms with Crippen LogP contribution >= 0.6 is 11.6 Å². The first-order valence-corrected chi connectivity index (χ1v) is 9.68. The van der Waals surface area contributed by atoms with Gasteiger partial charge in [-0.25, -0.2) is 0 Å². The van der Waals surface area contributed by atoms with E-state index >= 15 is 0 Å². The highest BCUT2D eigenvalue weighted by Gasteiger charge is 2.72. The summed E-state index contributed by atoms with van der Waals surface area (Å²) in [5.74, 6) is -0.146. The average molecular weight is 405 g/mol. The van der Waals surface area contributed by atoms with Crippen molar-refractivity contribution in [3.8, 4) is 11.8 Å². The quantitative estimate of drug-likeness (QED) is 0.681. The Morgan fingerprint density at radius 1 is 1.14 bits per heavy atom. The van der Waals surface area contributed by atoms with Gasteiger partial charge >= 0.3 is 0 Å². The van der Waals surface area contributed by atoms with E-state index in [1.807, 2.05) is 30.3 Å². The first kappa shape index (κ1) is 18.1. The van der Waals surface area contributed by atoms with Crippen LogP contribution in [0.1, 0.15) is 34.7 Å². The lowest BCUT2D eigenvalue weighted by molar-refractivity contribution is -0.107. The highest BCUT2D eigenvalue weighted by atomic mass is 35.5. The maximum absolute atomic E-state index is 12.0. The number of aliphatic hydroxyl groups is 2. The highest BCUT2D eigenvalue weighted by Crippen LogP contribution is 2.66. The van der Waals surface area contributed by atoms with Crippen molar-refractivity contribution >= 4 is 11.6 Å². The Bertz CT molecular complexity index is 1130. The molecule has 5 nitrogen and oxygen atoms in total. The lowest BCUT2D eigenvalue weighted by atomic mass is 9.72. The van der Waals surface area contributed by atoms with Crippen molar-refractivity contribution in [2.75, 3.05) is 0 Å². The van der Waals surface area contributed by atoms with Crippen LogP contribution in [-0.4, -0.2) is 21.3 Å². The zero-order valence-electron chi connectivity index (χ0n) is 15.3. The molecule has 5 rings (SSSR count). The minimum absolute atomic E-state index is 0.0637. The zero-order valence-corrected chi connectivity index (χ0v) is 16.0. The summed E-state index contributed by atoms with van der Waals surface area (Å²) in [6.07, 6.45) is 0.677. The molecule has 144 valence electrons. The van der Waals surface area contributed by atoms with E-state index in [4.69, 9.17) is 16.3 Å². The van der Waals surface area contributed by atoms with Gasteiger partial charge in [0.05, 0.1) is 28.7 Å². The minimum Gasteiger partial charge on any atom is -0.476 e. The SMILES string of the molecule is N#Cc1ccc(C23Oc4cc(Cl)cnc4C2(O)CC(O)C3c2ccccc2)cc1. The number of halogens is 1. The van der Waals surface area contributed by atoms with E-state index in [0.717, 1.165) is 5.56 Å². The van der Waals surface area contributed by atoms with Gasteiger partial charge in [0.25, 0.3) is 0 Å². The molecule has 0 spiro atoms. The lowest BCUT2D eigenvalue weighted by Crippen LogP contribution is -2.48. The van der Waals surface area contributed by atoms with Crippen molar-refractivity contribution in [2.24, 2.45) is 0 Å². The smallest absolute Gasteiger partial charge is 0.178 e. The third-order valence-corrected chi connectivity index (χ3v) is 6.23. The van der Waals surface area contributed by atoms with Crippen molar-refractivity contribution in [2.45, 2.75) is 29.6 Å². The van der Waals surface area contributed by atoms with E-state index in [1.165, 1.54) is 6.20 Å². The first-order valence-electron chi connectivity index (χ1n) is 9.31. The normalized spacial score (nSPS) is 29.6. The van der Waals surface area contributed by atoms with Crippen LogP contribution in [0.15, 0.2) is 66.9 Å². The first-order chi connectivity index (χ1) is 14.0. The molecule has 4 atom stereocenters. The molecule has 2 heterocycles. The molecule has 0 bridgehead atoms. The van der Waals surface area contributed by atoms with Gasteiger partial charge in [-0.3, -0.25) is 4.98 Å². The maximum atomic E-state index is 12.0. The zero-order chi connectivity index (χ0) is 20.2. The van der Waals surface area contributed by atoms with E-state index in [0.29, 0.717) is 27.6 Å². The molecule has 0 amide bonds. The molecule has 3 aromatic rings. The molecule has 1 aromatic heterocycles. The molecule has 1 aliphatic carbocycles. The predicted octanol–water partition coefficient (Wildman–Crippen LogP) is 3.63. The summed E-state index contributed by atoms with van der Waals surface area (Å²) in [6, 6.07) is 20.2. The monoisotopic (exact) mass is 404 g/mol. The second-order valence-corrected chi connectivity index (χ2v) is 7.98. The number of aromatic nitrogens is 1. The molecule has 2 aromatic carbocycles. The number of ether oxygens (including phenoxy) is 1. The third kappa shape index (κ3) is 2.37. The molecule has 29 heavy (non-hydrogen) atoms. The molecular weight excluding hydrogens is 388 g/mol. The number of nitriles is 1. The second-order valence-electron chi connectivity index (χ2n) is 7.55. The number of hydrogen-bond donors (Lipinski definition) is 2. The summed E-state index contributed by atoms with van der Waals surface area (Å²) >= 11 is 6.13. The number of benzene rings is 2. The van der Waals surface area contributed by atoms with Crippen LogP contribution < -0.4 is 4.74 Å². The molecule has 0 saturated heterocycles. The largest absolute Gasteiger partial charge is 0.476 e. The van der Waals surface area contributed by atoms with Crippen LogP contribution in [0, 0.1) is 11.3 Å². The summed E-state index contributed by atoms with van der Waals surface area (Å²) in [4.78, 5) is 4.37. The van der Waals surface area contributed by atoms with E-state index in [9.17, 15) is 15.5 Å². The summed E-state index contributed by atoms with van der Waals surface area (Å²) in [6.45, 7) is 0. The standard InChI is InChI=1S/C23H17ClN2O3/c24-17-10-19-21(26-13-17)22(28)11-18(27)20(15-4-2-1-3-5-15)23(22,29-19)16-8-6-14(12-25)7-9-16/h1-10,13,18,20,27-28H,11H2. The Morgan fingerprint density at radius 2 is 1.86 bits per heavy atom. The molecule has 1 aliphatic heterocycles. The molecule has 0 radical (unpaired) electrons. The maximum Gasteiger partial charge on any atom is 0.178 e. The van der Waals surface area contributed by atoms with Gasteiger partial charge in [0.15, 0.2) is 11.2 Å². The van der Waals surface area contributed by atoms with Gasteiger partial charge in [0.1, 0.15) is 11.4 Å². The molecule has 6 heteroatoms. The molecule has 1 fully saturated rings. The summed E-state index contributed by atoms with van der Waals surface area (Å²) < 4.78 is 6.46. The fraction of sp³-hybridized carbons (Fsp3) is 0.217. The summed E-state index contributed by atoms with van der Waals surface area (Å²) in [5.41, 5.74) is -0.482. The average Bonchev–Trinajstić information content (AvgIpc) is 3.10. The Morgan fingerprint density at radius 3 is 2.55 bits per heavy atom. The van der Waals surface area contributed by atoms with E-state index < -0.39 is 23.2 Å². The van der Waals surface area contributed by atoms with Gasteiger partial charge in [-0.05, 0) is 23.3 Å². The molecule has 1 saturated carbocycles. The van der Waals surface area contributed by atoms with Crippen molar-refractivity contribution in [3.63, 3.8) is 0 Å². The third-order valence-electron chi connectivity index (χ3n) is 6.03. The second kappa shape index (κ2) is 6.30. The Kier molecular flexibility index (Phi) is 3.94. The van der Waals surface area contributed by atoms with Crippen LogP contribution in [0.2, 0.25) is 5.02 Å². The Labute approximate surface area is 172 Å². The number of rotatable bonds is 2. The summed E-state index contributed by atoms with van der Waals surface area (Å²) in [7, 11) is 0. The van der Waals surface area contributed by atoms with Crippen molar-refractivity contribution in [3.05, 3.63) is 94.3 Å². The van der Waals surface area contributed by atoms with Crippen LogP contribution in [0.4, 0.5) is 0 Å². The van der Waals surface area contributed by atoms with Crippen molar-refractivity contribution in [1.29, 1.82) is 5.26 Å². The van der Waals surface area contributed by atoms with Crippen LogP contribution in [0.3, 0.4) is 0 Å². The Hall–Kier alpha value is -2.91. The van der Waals surface area contributed by atoms with Crippen molar-refractivity contribution < 1.29 is 14.9 Å². The van der Waals surface area contributed by atoms with Gasteiger partial charge < -0.3 is 14.9 Å². The minimum atomic E-state index is -1.55. The Balaban J connectivity index is 1.79. The summed E-state index contributed by atoms with van der Waals surface area (Å²) in [5, 5.41) is 32.6. The number of aliphatic hydroxyl groups excluding tert-OH is 1. The van der Waals surface area contributed by atoms with E-state index in [1.54, 1.807) is 30.3 Å². The number of nitrogens with zero attached hydrogens (tertiary/aromatic N) is 2. The fourth-order valence-electron chi connectivity index (χ4n) is 4.89. The lowest BCUT2D eigenvalue weighted by Gasteiger charge is -2.39. The van der Waals surface area contributed by atoms with Crippen LogP contribution in [0.5, 0.6) is 5.75 Å². The fourth-order valence-corrected chi connectivity index (χ4v) is 5.04. The highest BCUT2D eigenvalue weighted by molar-refractivity contribution is 6.30. The van der Waals surface area contributed by atoms with Gasteiger partial charge in [0, 0.05) is 18.7 Å². The molecule has 2 aliphatic rings. The van der Waals surface area contributed by atoms with Gasteiger partial charge in [-0.15, -0.1) is 0 Å². The van der Waals surface area contributed by atoms with Gasteiger partial charge in [-0.1, -0.05) is 54.1 Å². The molecule has 4 unspecified atom stereocenters. The predicted molar refractivity (Wildman–Crippen MR) is 106 cm³/mol. The van der Waals surface area contributed by atoms with Crippen molar-refractivity contribution in [1.82, 2.24) is 4.98 Å². The van der Waals surface area contributed by atoms with Gasteiger partial charge in [0.2, 0.25) is 0 Å².